The highest BCUT2D eigenvalue weighted by Crippen LogP contribution is 2.21. The molecule has 9 heteroatoms. The van der Waals surface area contributed by atoms with Crippen molar-refractivity contribution in [2.24, 2.45) is 0 Å². The van der Waals surface area contributed by atoms with E-state index in [1.807, 2.05) is 12.1 Å². The number of benzene rings is 1. The predicted molar refractivity (Wildman–Crippen MR) is 84.2 cm³/mol. The highest BCUT2D eigenvalue weighted by atomic mass is 35.5. The summed E-state index contributed by atoms with van der Waals surface area (Å²) in [5.41, 5.74) is 6.55. The van der Waals surface area contributed by atoms with Crippen LogP contribution in [-0.4, -0.2) is 31.5 Å². The van der Waals surface area contributed by atoms with Crippen LogP contribution in [0.3, 0.4) is 0 Å². The van der Waals surface area contributed by atoms with Crippen molar-refractivity contribution < 1.29 is 4.79 Å². The van der Waals surface area contributed by atoms with Crippen molar-refractivity contribution in [1.29, 1.82) is 0 Å². The van der Waals surface area contributed by atoms with Gasteiger partial charge in [0.05, 0.1) is 17.3 Å². The second kappa shape index (κ2) is 6.17. The zero-order chi connectivity index (χ0) is 15.5. The smallest absolute Gasteiger partial charge is 0.253 e. The summed E-state index contributed by atoms with van der Waals surface area (Å²) in [5, 5.41) is 5.59. The van der Waals surface area contributed by atoms with E-state index in [1.165, 1.54) is 6.33 Å². The first kappa shape index (κ1) is 14.6. The van der Waals surface area contributed by atoms with E-state index in [4.69, 9.17) is 23.2 Å². The van der Waals surface area contributed by atoms with Crippen LogP contribution in [0.15, 0.2) is 36.8 Å². The summed E-state index contributed by atoms with van der Waals surface area (Å²) in [4.78, 5) is 19.5. The van der Waals surface area contributed by atoms with Crippen LogP contribution in [-0.2, 0) is 4.79 Å². The minimum atomic E-state index is -0.362. The number of hydrogen-bond donors (Lipinski definition) is 2. The molecule has 0 spiro atoms. The van der Waals surface area contributed by atoms with Crippen LogP contribution in [0.2, 0.25) is 5.02 Å². The van der Waals surface area contributed by atoms with Gasteiger partial charge in [-0.15, -0.1) is 11.6 Å². The molecule has 2 N–H and O–H groups in total. The Kier molecular flexibility index (Phi) is 4.08. The van der Waals surface area contributed by atoms with Gasteiger partial charge in [0.2, 0.25) is 0 Å². The summed E-state index contributed by atoms with van der Waals surface area (Å²) in [6.07, 6.45) is 2.99. The lowest BCUT2D eigenvalue weighted by atomic mass is 10.3. The fraction of sp³-hybridized carbons (Fsp3) is 0.0769. The lowest BCUT2D eigenvalue weighted by Crippen LogP contribution is -2.30. The second-order valence-electron chi connectivity index (χ2n) is 4.30. The SMILES string of the molecule is O=C(CCl)NNc1ncnc2c1cnn2-c1ccc(Cl)cc1. The molecule has 0 radical (unpaired) electrons. The number of carbonyl (C=O) groups is 1. The normalized spacial score (nSPS) is 10.6. The molecule has 0 saturated heterocycles. The van der Waals surface area contributed by atoms with Crippen molar-refractivity contribution in [2.45, 2.75) is 0 Å². The number of hydrazine groups is 1. The van der Waals surface area contributed by atoms with Gasteiger partial charge in [-0.25, -0.2) is 14.6 Å². The van der Waals surface area contributed by atoms with Crippen molar-refractivity contribution in [2.75, 3.05) is 11.3 Å². The third kappa shape index (κ3) is 2.81. The molecule has 0 unspecified atom stereocenters. The Balaban J connectivity index is 1.98. The van der Waals surface area contributed by atoms with Gasteiger partial charge in [0, 0.05) is 5.02 Å². The first-order chi connectivity index (χ1) is 10.7. The molecule has 3 aromatic rings. The number of alkyl halides is 1. The van der Waals surface area contributed by atoms with Crippen LogP contribution < -0.4 is 10.9 Å². The van der Waals surface area contributed by atoms with E-state index in [0.29, 0.717) is 21.9 Å². The Morgan fingerprint density at radius 3 is 2.73 bits per heavy atom. The van der Waals surface area contributed by atoms with E-state index in [-0.39, 0.29) is 11.8 Å². The maximum absolute atomic E-state index is 11.2. The summed E-state index contributed by atoms with van der Waals surface area (Å²) in [5.74, 6) is -0.0761. The Bertz CT molecular complexity index is 817. The first-order valence-electron chi connectivity index (χ1n) is 6.24. The number of fused-ring (bicyclic) bond motifs is 1. The molecule has 0 aliphatic rings. The quantitative estimate of drug-likeness (QED) is 0.563. The van der Waals surface area contributed by atoms with Crippen molar-refractivity contribution in [3.05, 3.63) is 41.8 Å². The van der Waals surface area contributed by atoms with Gasteiger partial charge >= 0.3 is 0 Å². The molecule has 22 heavy (non-hydrogen) atoms. The van der Waals surface area contributed by atoms with Crippen molar-refractivity contribution in [1.82, 2.24) is 25.2 Å². The average Bonchev–Trinajstić information content (AvgIpc) is 2.98. The van der Waals surface area contributed by atoms with E-state index in [0.717, 1.165) is 5.69 Å². The van der Waals surface area contributed by atoms with Crippen LogP contribution in [0.25, 0.3) is 16.7 Å². The molecular formula is C13H10Cl2N6O. The minimum Gasteiger partial charge on any atom is -0.281 e. The van der Waals surface area contributed by atoms with Crippen molar-refractivity contribution in [3.63, 3.8) is 0 Å². The van der Waals surface area contributed by atoms with Crippen LogP contribution >= 0.6 is 23.2 Å². The van der Waals surface area contributed by atoms with E-state index < -0.39 is 0 Å². The number of amides is 1. The zero-order valence-electron chi connectivity index (χ0n) is 11.1. The molecule has 7 nitrogen and oxygen atoms in total. The Hall–Kier alpha value is -2.38. The molecule has 0 aliphatic carbocycles. The molecule has 0 saturated carbocycles. The molecule has 0 fully saturated rings. The Labute approximate surface area is 135 Å². The fourth-order valence-electron chi connectivity index (χ4n) is 1.88. The van der Waals surface area contributed by atoms with Gasteiger partial charge in [-0.2, -0.15) is 5.10 Å². The highest BCUT2D eigenvalue weighted by Gasteiger charge is 2.11. The number of nitrogens with one attached hydrogen (secondary N) is 2. The van der Waals surface area contributed by atoms with E-state index in [1.54, 1.807) is 23.0 Å². The standard InChI is InChI=1S/C13H10Cl2N6O/c14-5-11(22)19-20-12-10-6-18-21(13(10)17-7-16-12)9-3-1-8(15)2-4-9/h1-4,6-7H,5H2,(H,19,22)(H,16,17,20). The molecule has 0 atom stereocenters. The Morgan fingerprint density at radius 1 is 1.23 bits per heavy atom. The molecule has 1 amide bonds. The maximum atomic E-state index is 11.2. The van der Waals surface area contributed by atoms with Crippen molar-refractivity contribution in [3.8, 4) is 5.69 Å². The summed E-state index contributed by atoms with van der Waals surface area (Å²) in [6.45, 7) is 0. The van der Waals surface area contributed by atoms with Gasteiger partial charge < -0.3 is 0 Å². The van der Waals surface area contributed by atoms with Gasteiger partial charge in [0.25, 0.3) is 5.91 Å². The summed E-state index contributed by atoms with van der Waals surface area (Å²) < 4.78 is 1.65. The molecule has 0 aliphatic heterocycles. The number of aromatic nitrogens is 4. The first-order valence-corrected chi connectivity index (χ1v) is 7.16. The lowest BCUT2D eigenvalue weighted by Gasteiger charge is -2.07. The maximum Gasteiger partial charge on any atom is 0.253 e. The van der Waals surface area contributed by atoms with Crippen LogP contribution in [0.1, 0.15) is 0 Å². The number of nitrogens with zero attached hydrogens (tertiary/aromatic N) is 4. The average molecular weight is 337 g/mol. The molecule has 1 aromatic carbocycles. The lowest BCUT2D eigenvalue weighted by molar-refractivity contribution is -0.118. The second-order valence-corrected chi connectivity index (χ2v) is 5.00. The molecular weight excluding hydrogens is 327 g/mol. The topological polar surface area (TPSA) is 84.7 Å². The predicted octanol–water partition coefficient (Wildman–Crippen LogP) is 2.15. The van der Waals surface area contributed by atoms with Gasteiger partial charge in [-0.05, 0) is 24.3 Å². The number of hydrogen-bond acceptors (Lipinski definition) is 5. The van der Waals surface area contributed by atoms with Gasteiger partial charge in [-0.3, -0.25) is 15.6 Å². The molecule has 112 valence electrons. The van der Waals surface area contributed by atoms with Gasteiger partial charge in [0.1, 0.15) is 12.2 Å². The minimum absolute atomic E-state index is 0.148. The Morgan fingerprint density at radius 2 is 2.00 bits per heavy atom. The number of anilines is 1. The zero-order valence-corrected chi connectivity index (χ0v) is 12.6. The van der Waals surface area contributed by atoms with Crippen LogP contribution in [0, 0.1) is 0 Å². The number of carbonyl (C=O) groups excluding carboxylic acids is 1. The van der Waals surface area contributed by atoms with E-state index >= 15 is 0 Å². The van der Waals surface area contributed by atoms with Gasteiger partial charge in [-0.1, -0.05) is 11.6 Å². The summed E-state index contributed by atoms with van der Waals surface area (Å²) >= 11 is 11.3. The van der Waals surface area contributed by atoms with Crippen LogP contribution in [0.5, 0.6) is 0 Å². The summed E-state index contributed by atoms with van der Waals surface area (Å²) in [6, 6.07) is 7.20. The number of rotatable bonds is 4. The highest BCUT2D eigenvalue weighted by molar-refractivity contribution is 6.30. The largest absolute Gasteiger partial charge is 0.281 e. The van der Waals surface area contributed by atoms with Crippen molar-refractivity contribution >= 4 is 46.0 Å². The fourth-order valence-corrected chi connectivity index (χ4v) is 2.07. The molecule has 2 aromatic heterocycles. The summed E-state index contributed by atoms with van der Waals surface area (Å²) in [7, 11) is 0. The van der Waals surface area contributed by atoms with E-state index in [2.05, 4.69) is 25.9 Å². The van der Waals surface area contributed by atoms with Gasteiger partial charge in [0.15, 0.2) is 11.5 Å². The molecule has 0 bridgehead atoms. The monoisotopic (exact) mass is 336 g/mol. The third-order valence-electron chi connectivity index (χ3n) is 2.88. The third-order valence-corrected chi connectivity index (χ3v) is 3.37. The van der Waals surface area contributed by atoms with E-state index in [9.17, 15) is 4.79 Å². The number of halogens is 2. The van der Waals surface area contributed by atoms with Crippen LogP contribution in [0.4, 0.5) is 5.82 Å². The molecule has 2 heterocycles. The molecule has 3 rings (SSSR count).